The first-order valence-corrected chi connectivity index (χ1v) is 12.4. The zero-order valence-corrected chi connectivity index (χ0v) is 20.8. The molecule has 1 amide bonds. The zero-order chi connectivity index (χ0) is 24.4. The molecule has 0 aliphatic heterocycles. The minimum absolute atomic E-state index is 0.251. The molecule has 0 bridgehead atoms. The van der Waals surface area contributed by atoms with Crippen molar-refractivity contribution in [2.75, 3.05) is 52.9 Å². The van der Waals surface area contributed by atoms with Gasteiger partial charge in [0.2, 0.25) is 5.91 Å². The van der Waals surface area contributed by atoms with Crippen molar-refractivity contribution in [2.45, 2.75) is 45.4 Å². The van der Waals surface area contributed by atoms with Crippen molar-refractivity contribution in [2.24, 2.45) is 5.73 Å². The Balaban J connectivity index is 0.000000241. The van der Waals surface area contributed by atoms with E-state index in [4.69, 9.17) is 24.7 Å². The Kier molecular flexibility index (Phi) is 14.2. The van der Waals surface area contributed by atoms with Crippen LogP contribution in [0.15, 0.2) is 48.5 Å². The number of nitrogens with two attached hydrogens (primary N) is 1. The van der Waals surface area contributed by atoms with Gasteiger partial charge in [-0.2, -0.15) is 0 Å². The SMILES string of the molecule is CC1c2ccccc2CCc2ccccc21.CCCOCCOCCOCCOCCC(N)=O. The summed E-state index contributed by atoms with van der Waals surface area (Å²) >= 11 is 0. The average molecular weight is 472 g/mol. The van der Waals surface area contributed by atoms with Crippen molar-refractivity contribution in [1.29, 1.82) is 0 Å². The number of ether oxygens (including phenoxy) is 4. The highest BCUT2D eigenvalue weighted by atomic mass is 16.6. The molecule has 3 rings (SSSR count). The molecule has 1 aliphatic rings. The molecule has 0 radical (unpaired) electrons. The van der Waals surface area contributed by atoms with Crippen molar-refractivity contribution in [3.05, 3.63) is 70.8 Å². The third kappa shape index (κ3) is 10.8. The van der Waals surface area contributed by atoms with Gasteiger partial charge in [0.1, 0.15) is 0 Å². The van der Waals surface area contributed by atoms with Gasteiger partial charge in [-0.3, -0.25) is 4.79 Å². The molecule has 2 N–H and O–H groups in total. The van der Waals surface area contributed by atoms with E-state index in [0.29, 0.717) is 52.2 Å². The van der Waals surface area contributed by atoms with E-state index in [2.05, 4.69) is 62.4 Å². The number of hydrogen-bond acceptors (Lipinski definition) is 5. The predicted octanol–water partition coefficient (Wildman–Crippen LogP) is 4.28. The standard InChI is InChI=1S/C16H16.C12H25NO5/c1-12-15-8-4-2-6-13(15)10-11-14-7-3-5-9-16(12)14;1-2-4-15-6-8-17-10-11-18-9-7-16-5-3-12(13)14/h2-9,12H,10-11H2,1H3;2-11H2,1H3,(H2,13,14). The zero-order valence-electron chi connectivity index (χ0n) is 20.8. The van der Waals surface area contributed by atoms with Crippen LogP contribution in [0.5, 0.6) is 0 Å². The van der Waals surface area contributed by atoms with Crippen molar-refractivity contribution < 1.29 is 23.7 Å². The first-order valence-electron chi connectivity index (χ1n) is 12.4. The predicted molar refractivity (Wildman–Crippen MR) is 135 cm³/mol. The molecule has 0 saturated heterocycles. The van der Waals surface area contributed by atoms with Crippen molar-refractivity contribution in [3.8, 4) is 0 Å². The normalized spacial score (nSPS) is 12.8. The number of rotatable bonds is 14. The van der Waals surface area contributed by atoms with Gasteiger partial charge >= 0.3 is 0 Å². The molecule has 6 nitrogen and oxygen atoms in total. The molecular weight excluding hydrogens is 430 g/mol. The first-order chi connectivity index (χ1) is 16.6. The van der Waals surface area contributed by atoms with Crippen LogP contribution in [-0.2, 0) is 36.6 Å². The monoisotopic (exact) mass is 471 g/mol. The minimum Gasteiger partial charge on any atom is -0.379 e. The summed E-state index contributed by atoms with van der Waals surface area (Å²) in [6, 6.07) is 17.7. The lowest BCUT2D eigenvalue weighted by atomic mass is 9.90. The Morgan fingerprint density at radius 1 is 0.735 bits per heavy atom. The van der Waals surface area contributed by atoms with Crippen LogP contribution in [0.25, 0.3) is 0 Å². The maximum atomic E-state index is 10.4. The van der Waals surface area contributed by atoms with Gasteiger partial charge in [0.15, 0.2) is 0 Å². The molecule has 188 valence electrons. The van der Waals surface area contributed by atoms with Crippen LogP contribution < -0.4 is 5.73 Å². The van der Waals surface area contributed by atoms with Gasteiger partial charge < -0.3 is 24.7 Å². The van der Waals surface area contributed by atoms with Crippen LogP contribution in [0.2, 0.25) is 0 Å². The molecule has 2 aromatic carbocycles. The van der Waals surface area contributed by atoms with E-state index in [1.54, 1.807) is 0 Å². The van der Waals surface area contributed by atoms with E-state index in [1.165, 1.54) is 35.1 Å². The molecule has 0 atom stereocenters. The van der Waals surface area contributed by atoms with E-state index in [1.807, 2.05) is 0 Å². The van der Waals surface area contributed by atoms with Gasteiger partial charge in [0.05, 0.1) is 46.2 Å². The van der Waals surface area contributed by atoms with Crippen LogP contribution in [0, 0.1) is 0 Å². The maximum absolute atomic E-state index is 10.4. The summed E-state index contributed by atoms with van der Waals surface area (Å²) in [5.41, 5.74) is 11.0. The average Bonchev–Trinajstić information content (AvgIpc) is 2.99. The van der Waals surface area contributed by atoms with Gasteiger partial charge in [0, 0.05) is 18.9 Å². The third-order valence-corrected chi connectivity index (χ3v) is 5.66. The first kappa shape index (κ1) is 28.0. The molecular formula is C28H41NO5. The number of primary amides is 1. The highest BCUT2D eigenvalue weighted by molar-refractivity contribution is 5.73. The molecule has 2 aromatic rings. The van der Waals surface area contributed by atoms with E-state index >= 15 is 0 Å². The maximum Gasteiger partial charge on any atom is 0.219 e. The number of carbonyl (C=O) groups excluding carboxylic acids is 1. The van der Waals surface area contributed by atoms with Gasteiger partial charge in [-0.15, -0.1) is 0 Å². The van der Waals surface area contributed by atoms with Crippen molar-refractivity contribution in [1.82, 2.24) is 0 Å². The van der Waals surface area contributed by atoms with E-state index < -0.39 is 0 Å². The Hall–Kier alpha value is -2.25. The fourth-order valence-corrected chi connectivity index (χ4v) is 3.88. The largest absolute Gasteiger partial charge is 0.379 e. The second kappa shape index (κ2) is 17.2. The lowest BCUT2D eigenvalue weighted by Crippen LogP contribution is -2.15. The molecule has 0 fully saturated rings. The highest BCUT2D eigenvalue weighted by Crippen LogP contribution is 2.33. The molecule has 0 heterocycles. The molecule has 0 saturated carbocycles. The third-order valence-electron chi connectivity index (χ3n) is 5.66. The lowest BCUT2D eigenvalue weighted by Gasteiger charge is -2.14. The Morgan fingerprint density at radius 2 is 1.15 bits per heavy atom. The smallest absolute Gasteiger partial charge is 0.219 e. The van der Waals surface area contributed by atoms with Crippen molar-refractivity contribution in [3.63, 3.8) is 0 Å². The molecule has 1 aliphatic carbocycles. The number of carbonyl (C=O) groups is 1. The fourth-order valence-electron chi connectivity index (χ4n) is 3.88. The molecule has 6 heteroatoms. The lowest BCUT2D eigenvalue weighted by molar-refractivity contribution is -0.119. The van der Waals surface area contributed by atoms with Crippen LogP contribution in [0.4, 0.5) is 0 Å². The topological polar surface area (TPSA) is 80.0 Å². The summed E-state index contributed by atoms with van der Waals surface area (Å²) in [7, 11) is 0. The Morgan fingerprint density at radius 3 is 1.59 bits per heavy atom. The van der Waals surface area contributed by atoms with E-state index in [-0.39, 0.29) is 12.3 Å². The Labute approximate surface area is 204 Å². The van der Waals surface area contributed by atoms with Gasteiger partial charge in [0.25, 0.3) is 0 Å². The van der Waals surface area contributed by atoms with E-state index in [0.717, 1.165) is 13.0 Å². The number of amides is 1. The number of benzene rings is 2. The highest BCUT2D eigenvalue weighted by Gasteiger charge is 2.18. The fraction of sp³-hybridized carbons (Fsp3) is 0.536. The number of hydrogen-bond donors (Lipinski definition) is 1. The van der Waals surface area contributed by atoms with Crippen LogP contribution in [0.3, 0.4) is 0 Å². The molecule has 0 aromatic heterocycles. The molecule has 0 unspecified atom stereocenters. The van der Waals surface area contributed by atoms with E-state index in [9.17, 15) is 4.79 Å². The van der Waals surface area contributed by atoms with Gasteiger partial charge in [-0.1, -0.05) is 62.4 Å². The second-order valence-corrected chi connectivity index (χ2v) is 8.29. The second-order valence-electron chi connectivity index (χ2n) is 8.29. The minimum atomic E-state index is -0.352. The van der Waals surface area contributed by atoms with Crippen LogP contribution in [-0.4, -0.2) is 58.8 Å². The summed E-state index contributed by atoms with van der Waals surface area (Å²) in [5.74, 6) is 0.185. The van der Waals surface area contributed by atoms with Crippen LogP contribution in [0.1, 0.15) is 54.9 Å². The summed E-state index contributed by atoms with van der Waals surface area (Å²) in [4.78, 5) is 10.4. The summed E-state index contributed by atoms with van der Waals surface area (Å²) in [6.07, 6.45) is 3.63. The van der Waals surface area contributed by atoms with Gasteiger partial charge in [-0.05, 0) is 41.5 Å². The van der Waals surface area contributed by atoms with Crippen LogP contribution >= 0.6 is 0 Å². The summed E-state index contributed by atoms with van der Waals surface area (Å²) in [5, 5.41) is 0. The molecule has 0 spiro atoms. The number of aryl methyl sites for hydroxylation is 2. The summed E-state index contributed by atoms with van der Waals surface area (Å²) < 4.78 is 20.9. The summed E-state index contributed by atoms with van der Waals surface area (Å²) in [6.45, 7) is 8.79. The Bertz CT molecular complexity index is 778. The van der Waals surface area contributed by atoms with Gasteiger partial charge in [-0.25, -0.2) is 0 Å². The molecule has 34 heavy (non-hydrogen) atoms. The van der Waals surface area contributed by atoms with Crippen molar-refractivity contribution >= 4 is 5.91 Å². The quantitative estimate of drug-likeness (QED) is 0.416. The number of fused-ring (bicyclic) bond motifs is 2.